The van der Waals surface area contributed by atoms with Gasteiger partial charge in [0, 0.05) is 32.1 Å². The van der Waals surface area contributed by atoms with E-state index in [4.69, 9.17) is 0 Å². The van der Waals surface area contributed by atoms with Crippen molar-refractivity contribution in [3.05, 3.63) is 66.0 Å². The molecule has 1 amide bonds. The lowest BCUT2D eigenvalue weighted by Crippen LogP contribution is -2.43. The average Bonchev–Trinajstić information content (AvgIpc) is 2.77. The van der Waals surface area contributed by atoms with Crippen molar-refractivity contribution in [2.24, 2.45) is 5.92 Å². The highest BCUT2D eigenvalue weighted by molar-refractivity contribution is 7.89. The number of amides is 1. The fourth-order valence-electron chi connectivity index (χ4n) is 3.79. The number of nitrogens with one attached hydrogen (secondary N) is 1. The van der Waals surface area contributed by atoms with Crippen molar-refractivity contribution in [1.29, 1.82) is 0 Å². The number of hydrogen-bond donors (Lipinski definition) is 1. The molecule has 0 saturated carbocycles. The first-order valence-corrected chi connectivity index (χ1v) is 12.1. The molecule has 0 unspecified atom stereocenters. The van der Waals surface area contributed by atoms with Crippen LogP contribution in [0.2, 0.25) is 0 Å². The summed E-state index contributed by atoms with van der Waals surface area (Å²) in [5.74, 6) is -0.660. The molecule has 0 bridgehead atoms. The second kappa shape index (κ2) is 10.8. The van der Waals surface area contributed by atoms with Gasteiger partial charge in [-0.15, -0.1) is 0 Å². The van der Waals surface area contributed by atoms with E-state index in [0.717, 1.165) is 31.6 Å². The van der Waals surface area contributed by atoms with Gasteiger partial charge in [0.25, 0.3) is 0 Å². The number of sulfonamides is 1. The second-order valence-electron chi connectivity index (χ2n) is 8.00. The Morgan fingerprint density at radius 3 is 2.39 bits per heavy atom. The molecule has 3 rings (SSSR count). The van der Waals surface area contributed by atoms with Gasteiger partial charge in [-0.25, -0.2) is 12.8 Å². The van der Waals surface area contributed by atoms with Crippen molar-refractivity contribution < 1.29 is 17.6 Å². The van der Waals surface area contributed by atoms with Crippen LogP contribution >= 0.6 is 0 Å². The molecule has 1 aliphatic rings. The van der Waals surface area contributed by atoms with E-state index in [0.29, 0.717) is 19.4 Å². The predicted octanol–water partition coefficient (Wildman–Crippen LogP) is 2.86. The Balaban J connectivity index is 1.37. The first-order valence-electron chi connectivity index (χ1n) is 10.6. The zero-order valence-corrected chi connectivity index (χ0v) is 18.7. The highest BCUT2D eigenvalue weighted by Crippen LogP contribution is 2.24. The molecule has 1 fully saturated rings. The van der Waals surface area contributed by atoms with Gasteiger partial charge in [-0.3, -0.25) is 4.79 Å². The minimum Gasteiger partial charge on any atom is -0.356 e. The molecule has 0 aromatic heterocycles. The number of hydrogen-bond acceptors (Lipinski definition) is 4. The number of rotatable bonds is 9. The highest BCUT2D eigenvalue weighted by Gasteiger charge is 2.31. The minimum atomic E-state index is -3.65. The summed E-state index contributed by atoms with van der Waals surface area (Å²) in [6.07, 6.45) is 1.83. The van der Waals surface area contributed by atoms with Gasteiger partial charge >= 0.3 is 0 Å². The molecule has 2 aromatic carbocycles. The summed E-state index contributed by atoms with van der Waals surface area (Å²) in [7, 11) is -1.59. The summed E-state index contributed by atoms with van der Waals surface area (Å²) < 4.78 is 39.8. The van der Waals surface area contributed by atoms with Crippen LogP contribution in [-0.4, -0.2) is 56.8 Å². The lowest BCUT2D eigenvalue weighted by molar-refractivity contribution is -0.126. The van der Waals surface area contributed by atoms with Crippen molar-refractivity contribution >= 4 is 15.9 Å². The summed E-state index contributed by atoms with van der Waals surface area (Å²) in [5, 5.41) is 2.99. The molecule has 1 N–H and O–H groups in total. The van der Waals surface area contributed by atoms with Crippen molar-refractivity contribution in [2.75, 3.05) is 33.2 Å². The Labute approximate surface area is 184 Å². The fourth-order valence-corrected chi connectivity index (χ4v) is 5.26. The molecule has 1 aliphatic heterocycles. The number of halogens is 1. The maximum atomic E-state index is 13.1. The second-order valence-corrected chi connectivity index (χ2v) is 9.94. The molecule has 0 spiro atoms. The Morgan fingerprint density at radius 2 is 1.74 bits per heavy atom. The van der Waals surface area contributed by atoms with E-state index < -0.39 is 15.8 Å². The normalized spacial score (nSPS) is 15.8. The van der Waals surface area contributed by atoms with Gasteiger partial charge in [0.2, 0.25) is 15.9 Å². The zero-order valence-electron chi connectivity index (χ0n) is 17.8. The molecule has 0 aliphatic carbocycles. The predicted molar refractivity (Wildman–Crippen MR) is 118 cm³/mol. The van der Waals surface area contributed by atoms with E-state index in [1.165, 1.54) is 22.0 Å². The van der Waals surface area contributed by atoms with E-state index in [9.17, 15) is 17.6 Å². The molecule has 31 heavy (non-hydrogen) atoms. The Hall–Kier alpha value is -2.29. The number of carbonyl (C=O) groups is 1. The minimum absolute atomic E-state index is 0.00968. The molecule has 6 nitrogen and oxygen atoms in total. The quantitative estimate of drug-likeness (QED) is 0.600. The number of piperidine rings is 1. The maximum absolute atomic E-state index is 13.1. The van der Waals surface area contributed by atoms with Gasteiger partial charge in [-0.2, -0.15) is 4.31 Å². The average molecular weight is 448 g/mol. The highest BCUT2D eigenvalue weighted by atomic mass is 32.2. The molecule has 8 heteroatoms. The summed E-state index contributed by atoms with van der Waals surface area (Å²) >= 11 is 0. The topological polar surface area (TPSA) is 69.7 Å². The van der Waals surface area contributed by atoms with Crippen LogP contribution in [0.4, 0.5) is 4.39 Å². The molecule has 2 aromatic rings. The standard InChI is InChI=1S/C23H30FN3O3S/c1-26(18-19-6-3-2-4-7-19)15-5-14-25-23(28)20-12-16-27(17-13-20)31(29,30)22-10-8-21(24)9-11-22/h2-4,6-11,20H,5,12-18H2,1H3,(H,25,28). The largest absolute Gasteiger partial charge is 0.356 e. The number of carbonyl (C=O) groups excluding carboxylic acids is 1. The van der Waals surface area contributed by atoms with Crippen molar-refractivity contribution in [2.45, 2.75) is 30.7 Å². The first kappa shape index (κ1) is 23.4. The van der Waals surface area contributed by atoms with E-state index in [1.807, 2.05) is 18.2 Å². The zero-order chi connectivity index (χ0) is 22.3. The Morgan fingerprint density at radius 1 is 1.10 bits per heavy atom. The molecule has 1 saturated heterocycles. The molecular weight excluding hydrogens is 417 g/mol. The molecule has 1 heterocycles. The van der Waals surface area contributed by atoms with Crippen molar-refractivity contribution in [1.82, 2.24) is 14.5 Å². The van der Waals surface area contributed by atoms with E-state index in [1.54, 1.807) is 0 Å². The lowest BCUT2D eigenvalue weighted by Gasteiger charge is -2.30. The van der Waals surface area contributed by atoms with E-state index >= 15 is 0 Å². The van der Waals surface area contributed by atoms with Crippen LogP contribution in [0.3, 0.4) is 0 Å². The third-order valence-corrected chi connectivity index (χ3v) is 7.50. The van der Waals surface area contributed by atoms with E-state index in [-0.39, 0.29) is 29.8 Å². The summed E-state index contributed by atoms with van der Waals surface area (Å²) in [5.41, 5.74) is 1.26. The Kier molecular flexibility index (Phi) is 8.17. The number of nitrogens with zero attached hydrogens (tertiary/aromatic N) is 2. The van der Waals surface area contributed by atoms with Crippen LogP contribution in [0.5, 0.6) is 0 Å². The SMILES string of the molecule is CN(CCCNC(=O)C1CCN(S(=O)(=O)c2ccc(F)cc2)CC1)Cc1ccccc1. The molecule has 168 valence electrons. The number of benzene rings is 2. The molecule has 0 radical (unpaired) electrons. The monoisotopic (exact) mass is 447 g/mol. The van der Waals surface area contributed by atoms with Gasteiger partial charge in [0.1, 0.15) is 5.82 Å². The summed E-state index contributed by atoms with van der Waals surface area (Å²) in [6, 6.07) is 15.1. The Bertz CT molecular complexity index is 944. The van der Waals surface area contributed by atoms with E-state index in [2.05, 4.69) is 29.4 Å². The van der Waals surface area contributed by atoms with Gasteiger partial charge in [-0.1, -0.05) is 30.3 Å². The van der Waals surface area contributed by atoms with Crippen LogP contribution in [-0.2, 0) is 21.4 Å². The molecular formula is C23H30FN3O3S. The third-order valence-electron chi connectivity index (χ3n) is 5.59. The summed E-state index contributed by atoms with van der Waals surface area (Å²) in [6.45, 7) is 2.93. The fraction of sp³-hybridized carbons (Fsp3) is 0.435. The van der Waals surface area contributed by atoms with Gasteiger partial charge < -0.3 is 10.2 Å². The lowest BCUT2D eigenvalue weighted by atomic mass is 9.97. The maximum Gasteiger partial charge on any atom is 0.243 e. The summed E-state index contributed by atoms with van der Waals surface area (Å²) in [4.78, 5) is 14.8. The van der Waals surface area contributed by atoms with Crippen molar-refractivity contribution in [3.63, 3.8) is 0 Å². The molecule has 0 atom stereocenters. The van der Waals surface area contributed by atoms with Crippen LogP contribution < -0.4 is 5.32 Å². The van der Waals surface area contributed by atoms with Crippen LogP contribution in [0.1, 0.15) is 24.8 Å². The smallest absolute Gasteiger partial charge is 0.243 e. The third kappa shape index (κ3) is 6.59. The van der Waals surface area contributed by atoms with Crippen LogP contribution in [0.25, 0.3) is 0 Å². The van der Waals surface area contributed by atoms with Crippen LogP contribution in [0, 0.1) is 11.7 Å². The van der Waals surface area contributed by atoms with Gasteiger partial charge in [-0.05, 0) is 62.7 Å². The van der Waals surface area contributed by atoms with Gasteiger partial charge in [0.15, 0.2) is 0 Å². The van der Waals surface area contributed by atoms with Crippen LogP contribution in [0.15, 0.2) is 59.5 Å². The first-order chi connectivity index (χ1) is 14.9. The van der Waals surface area contributed by atoms with Crippen molar-refractivity contribution in [3.8, 4) is 0 Å². The van der Waals surface area contributed by atoms with Gasteiger partial charge in [0.05, 0.1) is 4.90 Å².